The van der Waals surface area contributed by atoms with E-state index in [1.165, 1.54) is 22.5 Å². The van der Waals surface area contributed by atoms with Crippen LogP contribution < -0.4 is 4.90 Å². The summed E-state index contributed by atoms with van der Waals surface area (Å²) in [4.78, 5) is 2.59. The standard InChI is InChI=1S/C22H28N2S/c1-16-13-22(23(25)15-17(16)2)24-20-11-6-4-3-5-9-18(20)14-19-10-7-8-12-21(19)24/h4-10,12,16-17,22,25H,3,11,13-15H2,1-2H3/b6-4-,9-5-. The monoisotopic (exact) mass is 352 g/mol. The van der Waals surface area contributed by atoms with E-state index in [4.69, 9.17) is 12.8 Å². The summed E-state index contributed by atoms with van der Waals surface area (Å²) in [5, 5.41) is 0. The molecule has 3 heteroatoms. The highest BCUT2D eigenvalue weighted by Gasteiger charge is 2.37. The van der Waals surface area contributed by atoms with Gasteiger partial charge in [-0.1, -0.05) is 69.2 Å². The van der Waals surface area contributed by atoms with Crippen LogP contribution in [0.2, 0.25) is 0 Å². The predicted molar refractivity (Wildman–Crippen MR) is 110 cm³/mol. The third-order valence-corrected chi connectivity index (χ3v) is 6.46. The fraction of sp³-hybridized carbons (Fsp3) is 0.455. The number of piperidine rings is 1. The highest BCUT2D eigenvalue weighted by Crippen LogP contribution is 2.41. The Kier molecular flexibility index (Phi) is 4.79. The number of nitrogens with zero attached hydrogens (tertiary/aromatic N) is 2. The molecule has 0 N–H and O–H groups in total. The minimum atomic E-state index is 0.321. The third kappa shape index (κ3) is 3.20. The van der Waals surface area contributed by atoms with Crippen LogP contribution in [0, 0.1) is 11.8 Å². The molecule has 25 heavy (non-hydrogen) atoms. The van der Waals surface area contributed by atoms with Gasteiger partial charge in [0.15, 0.2) is 0 Å². The van der Waals surface area contributed by atoms with Crippen molar-refractivity contribution in [2.24, 2.45) is 11.8 Å². The molecule has 1 saturated heterocycles. The van der Waals surface area contributed by atoms with Gasteiger partial charge in [0.2, 0.25) is 0 Å². The molecule has 4 rings (SSSR count). The maximum absolute atomic E-state index is 4.90. The Bertz CT molecular complexity index is 733. The van der Waals surface area contributed by atoms with Crippen LogP contribution in [0.1, 0.15) is 38.7 Å². The second-order valence-corrected chi connectivity index (χ2v) is 8.27. The molecule has 1 aromatic carbocycles. The number of allylic oxidation sites excluding steroid dienone is 5. The molecule has 1 fully saturated rings. The number of fused-ring (bicyclic) bond motifs is 1. The van der Waals surface area contributed by atoms with Gasteiger partial charge >= 0.3 is 0 Å². The lowest BCUT2D eigenvalue weighted by Gasteiger charge is -2.48. The molecule has 0 spiro atoms. The number of benzene rings is 1. The van der Waals surface area contributed by atoms with Crippen molar-refractivity contribution in [3.63, 3.8) is 0 Å². The van der Waals surface area contributed by atoms with E-state index in [0.29, 0.717) is 18.0 Å². The first-order chi connectivity index (χ1) is 12.1. The molecule has 2 heterocycles. The molecule has 2 nitrogen and oxygen atoms in total. The molecule has 3 unspecified atom stereocenters. The molecule has 0 radical (unpaired) electrons. The first-order valence-corrected chi connectivity index (χ1v) is 9.91. The van der Waals surface area contributed by atoms with Crippen molar-refractivity contribution in [3.05, 3.63) is 65.4 Å². The molecule has 132 valence electrons. The molecule has 2 aliphatic heterocycles. The van der Waals surface area contributed by atoms with E-state index in [1.54, 1.807) is 0 Å². The van der Waals surface area contributed by atoms with Crippen molar-refractivity contribution in [1.29, 1.82) is 0 Å². The summed E-state index contributed by atoms with van der Waals surface area (Å²) in [6, 6.07) is 8.91. The number of rotatable bonds is 1. The normalized spacial score (nSPS) is 32.4. The fourth-order valence-electron chi connectivity index (χ4n) is 4.33. The molecule has 3 atom stereocenters. The van der Waals surface area contributed by atoms with E-state index < -0.39 is 0 Å². The second kappa shape index (κ2) is 7.05. The van der Waals surface area contributed by atoms with Gasteiger partial charge in [0, 0.05) is 30.8 Å². The Balaban J connectivity index is 1.80. The van der Waals surface area contributed by atoms with Crippen LogP contribution >= 0.6 is 12.8 Å². The smallest absolute Gasteiger partial charge is 0.0960 e. The summed E-state index contributed by atoms with van der Waals surface area (Å²) in [5.41, 5.74) is 5.73. The lowest BCUT2D eigenvalue weighted by molar-refractivity contribution is 0.163. The summed E-state index contributed by atoms with van der Waals surface area (Å²) in [5.74, 6) is 1.41. The Morgan fingerprint density at radius 2 is 1.88 bits per heavy atom. The lowest BCUT2D eigenvalue weighted by Crippen LogP contribution is -2.52. The van der Waals surface area contributed by atoms with Crippen molar-refractivity contribution in [2.45, 2.75) is 45.7 Å². The highest BCUT2D eigenvalue weighted by molar-refractivity contribution is 7.77. The summed E-state index contributed by atoms with van der Waals surface area (Å²) in [7, 11) is 0. The van der Waals surface area contributed by atoms with Crippen molar-refractivity contribution < 1.29 is 0 Å². The largest absolute Gasteiger partial charge is 0.327 e. The summed E-state index contributed by atoms with van der Waals surface area (Å²) in [6.45, 7) is 5.78. The Hall–Kier alpha value is -1.45. The van der Waals surface area contributed by atoms with Gasteiger partial charge in [0.25, 0.3) is 0 Å². The number of anilines is 1. The molecule has 1 aromatic rings. The van der Waals surface area contributed by atoms with Gasteiger partial charge in [0.05, 0.1) is 6.17 Å². The van der Waals surface area contributed by atoms with Crippen LogP contribution in [0.4, 0.5) is 5.69 Å². The molecule has 0 saturated carbocycles. The summed E-state index contributed by atoms with van der Waals surface area (Å²) < 4.78 is 2.27. The average Bonchev–Trinajstić information content (AvgIpc) is 2.58. The molecule has 0 bridgehead atoms. The van der Waals surface area contributed by atoms with Gasteiger partial charge in [-0.3, -0.25) is 0 Å². The van der Waals surface area contributed by atoms with E-state index in [-0.39, 0.29) is 0 Å². The molecule has 3 aliphatic rings. The van der Waals surface area contributed by atoms with E-state index in [0.717, 1.165) is 32.2 Å². The third-order valence-electron chi connectivity index (χ3n) is 6.03. The zero-order valence-electron chi connectivity index (χ0n) is 15.2. The Morgan fingerprint density at radius 3 is 2.76 bits per heavy atom. The lowest BCUT2D eigenvalue weighted by atomic mass is 9.85. The fourth-order valence-corrected chi connectivity index (χ4v) is 4.78. The van der Waals surface area contributed by atoms with E-state index in [2.05, 4.69) is 71.6 Å². The highest BCUT2D eigenvalue weighted by atomic mass is 32.1. The van der Waals surface area contributed by atoms with Crippen molar-refractivity contribution >= 4 is 18.5 Å². The minimum Gasteiger partial charge on any atom is -0.327 e. The number of hydrogen-bond acceptors (Lipinski definition) is 3. The van der Waals surface area contributed by atoms with E-state index >= 15 is 0 Å². The van der Waals surface area contributed by atoms with Gasteiger partial charge < -0.3 is 4.90 Å². The molecule has 0 amide bonds. The Morgan fingerprint density at radius 1 is 1.04 bits per heavy atom. The minimum absolute atomic E-state index is 0.321. The SMILES string of the molecule is CC1CC(N2C3=C(/C=C\C/C=C\C3)Cc3ccccc32)N(S)CC1C. The molecular weight excluding hydrogens is 324 g/mol. The van der Waals surface area contributed by atoms with E-state index in [9.17, 15) is 0 Å². The van der Waals surface area contributed by atoms with Crippen LogP contribution in [0.15, 0.2) is 59.8 Å². The maximum Gasteiger partial charge on any atom is 0.0960 e. The van der Waals surface area contributed by atoms with Crippen LogP contribution in [0.5, 0.6) is 0 Å². The zero-order valence-corrected chi connectivity index (χ0v) is 16.1. The van der Waals surface area contributed by atoms with Gasteiger partial charge in [0.1, 0.15) is 0 Å². The van der Waals surface area contributed by atoms with Gasteiger partial charge in [-0.2, -0.15) is 0 Å². The topological polar surface area (TPSA) is 6.48 Å². The number of hydrogen-bond donors (Lipinski definition) is 1. The summed E-state index contributed by atoms with van der Waals surface area (Å²) >= 11 is 4.90. The molecular formula is C22H28N2S. The quantitative estimate of drug-likeness (QED) is 0.537. The van der Waals surface area contributed by atoms with Gasteiger partial charge in [-0.05, 0) is 41.9 Å². The van der Waals surface area contributed by atoms with E-state index in [1.807, 2.05) is 0 Å². The van der Waals surface area contributed by atoms with Crippen molar-refractivity contribution in [1.82, 2.24) is 4.31 Å². The van der Waals surface area contributed by atoms with Crippen LogP contribution in [-0.4, -0.2) is 17.0 Å². The summed E-state index contributed by atoms with van der Waals surface area (Å²) in [6.07, 6.45) is 13.8. The Labute approximate surface area is 157 Å². The maximum atomic E-state index is 4.90. The first-order valence-electron chi connectivity index (χ1n) is 9.51. The zero-order chi connectivity index (χ0) is 17.4. The number of para-hydroxylation sites is 1. The average molecular weight is 353 g/mol. The van der Waals surface area contributed by atoms with Crippen LogP contribution in [0.25, 0.3) is 0 Å². The second-order valence-electron chi connectivity index (χ2n) is 7.75. The van der Waals surface area contributed by atoms with Crippen LogP contribution in [0.3, 0.4) is 0 Å². The molecule has 0 aromatic heterocycles. The van der Waals surface area contributed by atoms with Gasteiger partial charge in [-0.15, -0.1) is 0 Å². The van der Waals surface area contributed by atoms with Crippen molar-refractivity contribution in [3.8, 4) is 0 Å². The number of thiol groups is 1. The van der Waals surface area contributed by atoms with Gasteiger partial charge in [-0.25, -0.2) is 4.31 Å². The van der Waals surface area contributed by atoms with Crippen molar-refractivity contribution in [2.75, 3.05) is 11.4 Å². The predicted octanol–water partition coefficient (Wildman–Crippen LogP) is 5.36. The van der Waals surface area contributed by atoms with Crippen LogP contribution in [-0.2, 0) is 6.42 Å². The first kappa shape index (κ1) is 17.0. The molecule has 1 aliphatic carbocycles.